The molecule has 2 rings (SSSR count). The molecule has 1 fully saturated rings. The lowest BCUT2D eigenvalue weighted by atomic mass is 10.4. The highest BCUT2D eigenvalue weighted by molar-refractivity contribution is 9.10. The lowest BCUT2D eigenvalue weighted by molar-refractivity contribution is -0.118. The average Bonchev–Trinajstić information content (AvgIpc) is 3.09. The van der Waals surface area contributed by atoms with E-state index in [0.29, 0.717) is 5.75 Å². The van der Waals surface area contributed by atoms with Crippen LogP contribution >= 0.6 is 27.7 Å². The first-order valence-electron chi connectivity index (χ1n) is 5.40. The minimum atomic E-state index is 0.132. The second-order valence-electron chi connectivity index (χ2n) is 3.97. The molecule has 0 heterocycles. The molecule has 1 aromatic rings. The SMILES string of the molecule is O=C(CSc1ccccc1Br)NCC1CC1. The van der Waals surface area contributed by atoms with Crippen LogP contribution in [0.25, 0.3) is 0 Å². The Kier molecular flexibility index (Phi) is 4.29. The van der Waals surface area contributed by atoms with Crippen molar-refractivity contribution >= 4 is 33.6 Å². The van der Waals surface area contributed by atoms with Crippen LogP contribution in [0.3, 0.4) is 0 Å². The number of halogens is 1. The first-order chi connectivity index (χ1) is 7.75. The van der Waals surface area contributed by atoms with Crippen molar-refractivity contribution in [1.82, 2.24) is 5.32 Å². The van der Waals surface area contributed by atoms with Gasteiger partial charge in [-0.1, -0.05) is 12.1 Å². The van der Waals surface area contributed by atoms with Gasteiger partial charge in [-0.2, -0.15) is 0 Å². The van der Waals surface area contributed by atoms with Crippen LogP contribution in [0, 0.1) is 5.92 Å². The molecule has 1 N–H and O–H groups in total. The van der Waals surface area contributed by atoms with Gasteiger partial charge in [0.2, 0.25) is 5.91 Å². The van der Waals surface area contributed by atoms with Gasteiger partial charge in [0.1, 0.15) is 0 Å². The van der Waals surface area contributed by atoms with Gasteiger partial charge in [-0.05, 0) is 46.8 Å². The van der Waals surface area contributed by atoms with Crippen LogP contribution in [0.4, 0.5) is 0 Å². The van der Waals surface area contributed by atoms with Crippen LogP contribution in [0.2, 0.25) is 0 Å². The molecule has 1 aliphatic rings. The van der Waals surface area contributed by atoms with Gasteiger partial charge in [-0.3, -0.25) is 4.79 Å². The molecule has 4 heteroatoms. The molecule has 0 aliphatic heterocycles. The molecule has 1 saturated carbocycles. The van der Waals surface area contributed by atoms with Crippen LogP contribution in [-0.4, -0.2) is 18.2 Å². The van der Waals surface area contributed by atoms with Gasteiger partial charge < -0.3 is 5.32 Å². The molecule has 1 aromatic carbocycles. The van der Waals surface area contributed by atoms with Gasteiger partial charge in [0.05, 0.1) is 5.75 Å². The first kappa shape index (κ1) is 12.0. The first-order valence-corrected chi connectivity index (χ1v) is 7.17. The van der Waals surface area contributed by atoms with E-state index in [1.165, 1.54) is 12.8 Å². The molecular formula is C12H14BrNOS. The quantitative estimate of drug-likeness (QED) is 0.847. The monoisotopic (exact) mass is 299 g/mol. The fourth-order valence-corrected chi connectivity index (χ4v) is 2.73. The van der Waals surface area contributed by atoms with E-state index in [2.05, 4.69) is 21.2 Å². The van der Waals surface area contributed by atoms with Crippen molar-refractivity contribution in [1.29, 1.82) is 0 Å². The van der Waals surface area contributed by atoms with Crippen molar-refractivity contribution in [2.75, 3.05) is 12.3 Å². The third-order valence-electron chi connectivity index (χ3n) is 2.48. The zero-order valence-electron chi connectivity index (χ0n) is 8.91. The van der Waals surface area contributed by atoms with E-state index in [4.69, 9.17) is 0 Å². The number of nitrogens with one attached hydrogen (secondary N) is 1. The number of carbonyl (C=O) groups is 1. The smallest absolute Gasteiger partial charge is 0.230 e. The normalized spacial score (nSPS) is 14.8. The molecule has 0 atom stereocenters. The van der Waals surface area contributed by atoms with E-state index < -0.39 is 0 Å². The Balaban J connectivity index is 1.73. The maximum Gasteiger partial charge on any atom is 0.230 e. The summed E-state index contributed by atoms with van der Waals surface area (Å²) in [4.78, 5) is 12.6. The Bertz CT molecular complexity index is 379. The van der Waals surface area contributed by atoms with Crippen molar-refractivity contribution in [2.24, 2.45) is 5.92 Å². The summed E-state index contributed by atoms with van der Waals surface area (Å²) in [6, 6.07) is 7.96. The van der Waals surface area contributed by atoms with E-state index in [9.17, 15) is 4.79 Å². The summed E-state index contributed by atoms with van der Waals surface area (Å²) in [6.07, 6.45) is 2.55. The molecule has 2 nitrogen and oxygen atoms in total. The van der Waals surface area contributed by atoms with Gasteiger partial charge in [-0.25, -0.2) is 0 Å². The standard InChI is InChI=1S/C12H14BrNOS/c13-10-3-1-2-4-11(10)16-8-12(15)14-7-9-5-6-9/h1-4,9H,5-8H2,(H,14,15). The second-order valence-corrected chi connectivity index (χ2v) is 5.84. The van der Waals surface area contributed by atoms with Crippen LogP contribution in [0.5, 0.6) is 0 Å². The number of benzene rings is 1. The van der Waals surface area contributed by atoms with Gasteiger partial charge >= 0.3 is 0 Å². The molecule has 0 bridgehead atoms. The van der Waals surface area contributed by atoms with Gasteiger partial charge in [-0.15, -0.1) is 11.8 Å². The predicted molar refractivity (Wildman–Crippen MR) is 70.6 cm³/mol. The highest BCUT2D eigenvalue weighted by atomic mass is 79.9. The molecule has 0 saturated heterocycles. The second kappa shape index (κ2) is 5.73. The lowest BCUT2D eigenvalue weighted by Crippen LogP contribution is -2.27. The van der Waals surface area contributed by atoms with Crippen molar-refractivity contribution in [2.45, 2.75) is 17.7 Å². The van der Waals surface area contributed by atoms with Crippen LogP contribution < -0.4 is 5.32 Å². The maximum atomic E-state index is 11.5. The van der Waals surface area contributed by atoms with Gasteiger partial charge in [0.15, 0.2) is 0 Å². The number of hydrogen-bond acceptors (Lipinski definition) is 2. The molecule has 0 spiro atoms. The molecule has 16 heavy (non-hydrogen) atoms. The summed E-state index contributed by atoms with van der Waals surface area (Å²) in [6.45, 7) is 0.857. The summed E-state index contributed by atoms with van der Waals surface area (Å²) < 4.78 is 1.05. The van der Waals surface area contributed by atoms with Crippen molar-refractivity contribution < 1.29 is 4.79 Å². The fourth-order valence-electron chi connectivity index (χ4n) is 1.34. The highest BCUT2D eigenvalue weighted by Gasteiger charge is 2.21. The van der Waals surface area contributed by atoms with E-state index in [1.54, 1.807) is 11.8 Å². The summed E-state index contributed by atoms with van der Waals surface area (Å²) in [7, 11) is 0. The Hall–Kier alpha value is -0.480. The van der Waals surface area contributed by atoms with E-state index in [-0.39, 0.29) is 5.91 Å². The average molecular weight is 300 g/mol. The van der Waals surface area contributed by atoms with Crippen molar-refractivity contribution in [3.8, 4) is 0 Å². The fraction of sp³-hybridized carbons (Fsp3) is 0.417. The summed E-state index contributed by atoms with van der Waals surface area (Å²) >= 11 is 5.03. The van der Waals surface area contributed by atoms with Crippen LogP contribution in [0.1, 0.15) is 12.8 Å². The molecule has 1 aliphatic carbocycles. The van der Waals surface area contributed by atoms with Crippen LogP contribution in [-0.2, 0) is 4.79 Å². The Labute approximate surface area is 108 Å². The molecule has 0 radical (unpaired) electrons. The molecule has 0 aromatic heterocycles. The maximum absolute atomic E-state index is 11.5. The number of hydrogen-bond donors (Lipinski definition) is 1. The van der Waals surface area contributed by atoms with Gasteiger partial charge in [0, 0.05) is 15.9 Å². The van der Waals surface area contributed by atoms with Crippen molar-refractivity contribution in [3.63, 3.8) is 0 Å². The Morgan fingerprint density at radius 2 is 2.19 bits per heavy atom. The summed E-state index contributed by atoms with van der Waals surface area (Å²) in [5, 5.41) is 2.96. The Morgan fingerprint density at radius 1 is 1.44 bits per heavy atom. The van der Waals surface area contributed by atoms with Crippen LogP contribution in [0.15, 0.2) is 33.6 Å². The topological polar surface area (TPSA) is 29.1 Å². The number of carbonyl (C=O) groups excluding carboxylic acids is 1. The number of rotatable bonds is 5. The third kappa shape index (κ3) is 3.83. The zero-order valence-corrected chi connectivity index (χ0v) is 11.3. The predicted octanol–water partition coefficient (Wildman–Crippen LogP) is 3.07. The largest absolute Gasteiger partial charge is 0.355 e. The minimum Gasteiger partial charge on any atom is -0.355 e. The zero-order chi connectivity index (χ0) is 11.4. The minimum absolute atomic E-state index is 0.132. The van der Waals surface area contributed by atoms with E-state index >= 15 is 0 Å². The molecular weight excluding hydrogens is 286 g/mol. The molecule has 1 amide bonds. The lowest BCUT2D eigenvalue weighted by Gasteiger charge is -2.05. The van der Waals surface area contributed by atoms with Gasteiger partial charge in [0.25, 0.3) is 0 Å². The van der Waals surface area contributed by atoms with E-state index in [1.807, 2.05) is 24.3 Å². The molecule has 86 valence electrons. The van der Waals surface area contributed by atoms with E-state index in [0.717, 1.165) is 21.8 Å². The summed E-state index contributed by atoms with van der Waals surface area (Å²) in [5.74, 6) is 1.38. The number of amides is 1. The van der Waals surface area contributed by atoms with Crippen molar-refractivity contribution in [3.05, 3.63) is 28.7 Å². The number of thioether (sulfide) groups is 1. The summed E-state index contributed by atoms with van der Waals surface area (Å²) in [5.41, 5.74) is 0. The Morgan fingerprint density at radius 3 is 2.88 bits per heavy atom. The third-order valence-corrected chi connectivity index (χ3v) is 4.51. The highest BCUT2D eigenvalue weighted by Crippen LogP contribution is 2.28. The molecule has 0 unspecified atom stereocenters.